The van der Waals surface area contributed by atoms with Gasteiger partial charge in [-0.05, 0) is 42.7 Å². The van der Waals surface area contributed by atoms with Crippen LogP contribution in [0.1, 0.15) is 35.0 Å². The summed E-state index contributed by atoms with van der Waals surface area (Å²) in [7, 11) is 0. The van der Waals surface area contributed by atoms with E-state index in [2.05, 4.69) is 21.8 Å². The third kappa shape index (κ3) is 4.10. The lowest BCUT2D eigenvalue weighted by Gasteiger charge is -2.29. The lowest BCUT2D eigenvalue weighted by Crippen LogP contribution is -2.30. The minimum absolute atomic E-state index is 0.151. The van der Waals surface area contributed by atoms with E-state index in [1.54, 1.807) is 29.8 Å². The Morgan fingerprint density at radius 3 is 2.62 bits per heavy atom. The zero-order valence-corrected chi connectivity index (χ0v) is 16.7. The van der Waals surface area contributed by atoms with Crippen molar-refractivity contribution in [2.24, 2.45) is 0 Å². The van der Waals surface area contributed by atoms with E-state index in [9.17, 15) is 13.6 Å². The molecule has 0 atom stereocenters. The monoisotopic (exact) mass is 411 g/mol. The van der Waals surface area contributed by atoms with Crippen LogP contribution in [0.5, 0.6) is 0 Å². The van der Waals surface area contributed by atoms with Crippen molar-refractivity contribution in [3.63, 3.8) is 0 Å². The van der Waals surface area contributed by atoms with Crippen molar-refractivity contribution in [1.82, 2.24) is 9.97 Å². The molecule has 1 aromatic carbocycles. The molecule has 4 rings (SSSR count). The van der Waals surface area contributed by atoms with Gasteiger partial charge in [0.15, 0.2) is 10.9 Å². The van der Waals surface area contributed by atoms with E-state index in [4.69, 9.17) is 0 Å². The van der Waals surface area contributed by atoms with Gasteiger partial charge in [-0.15, -0.1) is 11.3 Å². The van der Waals surface area contributed by atoms with E-state index in [1.165, 1.54) is 17.2 Å². The summed E-state index contributed by atoms with van der Waals surface area (Å²) >= 11 is 1.62. The molecule has 0 bridgehead atoms. The molecule has 3 aromatic rings. The quantitative estimate of drug-likeness (QED) is 0.559. The Kier molecular flexibility index (Phi) is 5.49. The van der Waals surface area contributed by atoms with Crippen molar-refractivity contribution >= 4 is 27.8 Å². The number of hydrogen-bond donors (Lipinski definition) is 0. The van der Waals surface area contributed by atoms with Crippen LogP contribution in [0.4, 0.5) is 13.9 Å². The highest BCUT2D eigenvalue weighted by Crippen LogP contribution is 2.30. The van der Waals surface area contributed by atoms with Crippen LogP contribution < -0.4 is 4.90 Å². The van der Waals surface area contributed by atoms with Crippen molar-refractivity contribution in [3.05, 3.63) is 82.1 Å². The average Bonchev–Trinajstić information content (AvgIpc) is 3.24. The molecule has 0 saturated heterocycles. The van der Waals surface area contributed by atoms with E-state index in [0.29, 0.717) is 5.69 Å². The first-order valence-electron chi connectivity index (χ1n) is 9.28. The largest absolute Gasteiger partial charge is 0.343 e. The Labute approximate surface area is 171 Å². The summed E-state index contributed by atoms with van der Waals surface area (Å²) in [5, 5.41) is 2.96. The minimum atomic E-state index is -0.850. The molecule has 148 valence electrons. The molecule has 0 spiro atoms. The van der Waals surface area contributed by atoms with E-state index >= 15 is 0 Å². The van der Waals surface area contributed by atoms with Crippen LogP contribution in [0.2, 0.25) is 0 Å². The number of benzene rings is 1. The molecule has 4 nitrogen and oxygen atoms in total. The van der Waals surface area contributed by atoms with Crippen LogP contribution in [0.3, 0.4) is 0 Å². The van der Waals surface area contributed by atoms with Crippen molar-refractivity contribution in [1.29, 1.82) is 0 Å². The standard InChI is InChI=1S/C22H19F2N3OS/c1-14-7-9-27(22-25-8-10-29-22)13-17(14)15-5-6-16(26-12-15)11-20(28)21-18(23)3-2-4-19(21)24/h2-6,8,10,12H,7,9,11,13H2,1H3. The van der Waals surface area contributed by atoms with Crippen molar-refractivity contribution in [3.8, 4) is 0 Å². The summed E-state index contributed by atoms with van der Waals surface area (Å²) in [6.07, 6.45) is 4.32. The van der Waals surface area contributed by atoms with Gasteiger partial charge in [0.1, 0.15) is 11.6 Å². The van der Waals surface area contributed by atoms with Gasteiger partial charge in [-0.2, -0.15) is 0 Å². The summed E-state index contributed by atoms with van der Waals surface area (Å²) < 4.78 is 27.6. The minimum Gasteiger partial charge on any atom is -0.343 e. The highest BCUT2D eigenvalue weighted by atomic mass is 32.1. The van der Waals surface area contributed by atoms with Gasteiger partial charge in [0.05, 0.1) is 12.0 Å². The maximum Gasteiger partial charge on any atom is 0.185 e. The highest BCUT2D eigenvalue weighted by molar-refractivity contribution is 7.13. The molecule has 7 heteroatoms. The fourth-order valence-electron chi connectivity index (χ4n) is 3.46. The van der Waals surface area contributed by atoms with Crippen LogP contribution in [-0.4, -0.2) is 28.8 Å². The fraction of sp³-hybridized carbons (Fsp3) is 0.227. The summed E-state index contributed by atoms with van der Waals surface area (Å²) in [4.78, 5) is 23.3. The summed E-state index contributed by atoms with van der Waals surface area (Å²) in [5.74, 6) is -2.32. The zero-order valence-electron chi connectivity index (χ0n) is 15.9. The number of hydrogen-bond acceptors (Lipinski definition) is 5. The smallest absolute Gasteiger partial charge is 0.185 e. The maximum atomic E-state index is 13.8. The lowest BCUT2D eigenvalue weighted by atomic mass is 9.96. The maximum absolute atomic E-state index is 13.8. The number of pyridine rings is 1. The Bertz CT molecular complexity index is 1040. The van der Waals surface area contributed by atoms with Crippen LogP contribution in [0.15, 0.2) is 53.7 Å². The second-order valence-corrected chi connectivity index (χ2v) is 7.85. The summed E-state index contributed by atoms with van der Waals surface area (Å²) in [6, 6.07) is 7.06. The number of halogens is 2. The molecule has 1 aliphatic rings. The van der Waals surface area contributed by atoms with Crippen molar-refractivity contribution < 1.29 is 13.6 Å². The molecule has 0 amide bonds. The summed E-state index contributed by atoms with van der Waals surface area (Å²) in [5.41, 5.74) is 3.45. The number of carbonyl (C=O) groups is 1. The van der Waals surface area contributed by atoms with Crippen LogP contribution in [-0.2, 0) is 6.42 Å². The van der Waals surface area contributed by atoms with E-state index in [-0.39, 0.29) is 6.42 Å². The van der Waals surface area contributed by atoms with Gasteiger partial charge in [0.2, 0.25) is 0 Å². The zero-order chi connectivity index (χ0) is 20.4. The van der Waals surface area contributed by atoms with E-state index in [1.807, 2.05) is 11.4 Å². The average molecular weight is 411 g/mol. The molecular formula is C22H19F2N3OS. The van der Waals surface area contributed by atoms with Gasteiger partial charge in [-0.1, -0.05) is 17.7 Å². The molecule has 29 heavy (non-hydrogen) atoms. The predicted molar refractivity (Wildman–Crippen MR) is 110 cm³/mol. The SMILES string of the molecule is CC1=C(c2ccc(CC(=O)c3c(F)cccc3F)nc2)CN(c2nccs2)CC1. The first-order chi connectivity index (χ1) is 14.0. The normalized spacial score (nSPS) is 14.4. The molecule has 3 heterocycles. The Balaban J connectivity index is 1.51. The van der Waals surface area contributed by atoms with Gasteiger partial charge in [-0.25, -0.2) is 13.8 Å². The highest BCUT2D eigenvalue weighted by Gasteiger charge is 2.21. The topological polar surface area (TPSA) is 46.1 Å². The molecule has 0 aliphatic carbocycles. The number of Topliss-reactive ketones (excluding diaryl/α,β-unsaturated/α-hetero) is 1. The Hall–Kier alpha value is -2.93. The second-order valence-electron chi connectivity index (χ2n) is 6.98. The van der Waals surface area contributed by atoms with Gasteiger partial charge >= 0.3 is 0 Å². The fourth-order valence-corrected chi connectivity index (χ4v) is 4.13. The molecule has 0 N–H and O–H groups in total. The Morgan fingerprint density at radius 1 is 1.17 bits per heavy atom. The molecule has 0 radical (unpaired) electrons. The number of nitrogens with zero attached hydrogens (tertiary/aromatic N) is 3. The number of aromatic nitrogens is 2. The summed E-state index contributed by atoms with van der Waals surface area (Å²) in [6.45, 7) is 3.80. The first kappa shape index (κ1) is 19.4. The van der Waals surface area contributed by atoms with Crippen molar-refractivity contribution in [2.45, 2.75) is 19.8 Å². The number of rotatable bonds is 5. The predicted octanol–water partition coefficient (Wildman–Crippen LogP) is 4.93. The lowest BCUT2D eigenvalue weighted by molar-refractivity contribution is 0.0984. The van der Waals surface area contributed by atoms with Gasteiger partial charge in [0, 0.05) is 36.6 Å². The molecule has 0 unspecified atom stereocenters. The Morgan fingerprint density at radius 2 is 1.97 bits per heavy atom. The molecule has 0 saturated carbocycles. The van der Waals surface area contributed by atoms with E-state index in [0.717, 1.165) is 42.3 Å². The second kappa shape index (κ2) is 8.21. The molecular weight excluding hydrogens is 392 g/mol. The van der Waals surface area contributed by atoms with Gasteiger partial charge in [-0.3, -0.25) is 9.78 Å². The van der Waals surface area contributed by atoms with Crippen LogP contribution in [0, 0.1) is 11.6 Å². The molecule has 2 aromatic heterocycles. The number of carbonyl (C=O) groups excluding carboxylic acids is 1. The first-order valence-corrected chi connectivity index (χ1v) is 10.2. The number of anilines is 1. The van der Waals surface area contributed by atoms with Crippen LogP contribution >= 0.6 is 11.3 Å². The van der Waals surface area contributed by atoms with Gasteiger partial charge in [0.25, 0.3) is 0 Å². The van der Waals surface area contributed by atoms with E-state index < -0.39 is 23.0 Å². The third-order valence-corrected chi connectivity index (χ3v) is 5.90. The van der Waals surface area contributed by atoms with Crippen LogP contribution in [0.25, 0.3) is 5.57 Å². The van der Waals surface area contributed by atoms with Gasteiger partial charge < -0.3 is 4.90 Å². The number of thiazole rings is 1. The molecule has 1 aliphatic heterocycles. The number of ketones is 1. The van der Waals surface area contributed by atoms with Crippen molar-refractivity contribution in [2.75, 3.05) is 18.0 Å². The molecule has 0 fully saturated rings. The third-order valence-electron chi connectivity index (χ3n) is 5.07.